The normalized spacial score (nSPS) is 20.2. The Labute approximate surface area is 215 Å². The van der Waals surface area contributed by atoms with Crippen molar-refractivity contribution in [3.63, 3.8) is 0 Å². The third kappa shape index (κ3) is 4.63. The summed E-state index contributed by atoms with van der Waals surface area (Å²) in [5, 5.41) is 3.64. The molecule has 176 valence electrons. The Bertz CT molecular complexity index is 1350. The van der Waals surface area contributed by atoms with Crippen LogP contribution in [-0.2, 0) is 4.79 Å². The van der Waals surface area contributed by atoms with Crippen LogP contribution in [-0.4, -0.2) is 12.9 Å². The largest absolute Gasteiger partial charge is 0.497 e. The lowest BCUT2D eigenvalue weighted by molar-refractivity contribution is -0.113. The Hall–Kier alpha value is -3.37. The van der Waals surface area contributed by atoms with Crippen molar-refractivity contribution >= 4 is 33.5 Å². The molecule has 2 aliphatic rings. The number of hydrogen-bond donors (Lipinski definition) is 1. The van der Waals surface area contributed by atoms with E-state index in [0.717, 1.165) is 55.9 Å². The van der Waals surface area contributed by atoms with Crippen molar-refractivity contribution in [2.24, 2.45) is 5.41 Å². The highest BCUT2D eigenvalue weighted by Gasteiger charge is 2.42. The van der Waals surface area contributed by atoms with Crippen LogP contribution >= 0.6 is 15.9 Å². The van der Waals surface area contributed by atoms with Gasteiger partial charge in [0.1, 0.15) is 5.75 Å². The molecule has 0 aromatic heterocycles. The first kappa shape index (κ1) is 23.4. The number of benzene rings is 3. The van der Waals surface area contributed by atoms with E-state index in [-0.39, 0.29) is 17.1 Å². The van der Waals surface area contributed by atoms with Crippen LogP contribution in [0.15, 0.2) is 106 Å². The van der Waals surface area contributed by atoms with Gasteiger partial charge in [-0.2, -0.15) is 0 Å². The Kier molecular flexibility index (Phi) is 6.24. The Morgan fingerprint density at radius 1 is 0.971 bits per heavy atom. The van der Waals surface area contributed by atoms with Crippen LogP contribution in [0.2, 0.25) is 0 Å². The monoisotopic (exact) mass is 525 g/mol. The van der Waals surface area contributed by atoms with E-state index < -0.39 is 0 Å². The number of ketones is 1. The lowest BCUT2D eigenvalue weighted by Crippen LogP contribution is -2.37. The predicted octanol–water partition coefficient (Wildman–Crippen LogP) is 7.52. The Morgan fingerprint density at radius 2 is 1.66 bits per heavy atom. The fraction of sp³-hybridized carbons (Fsp3) is 0.194. The first-order valence-electron chi connectivity index (χ1n) is 11.8. The number of Topliss-reactive ketones (excluding diaryl/α,β-unsaturated/α-hetero) is 1. The summed E-state index contributed by atoms with van der Waals surface area (Å²) in [5.74, 6) is 0.797. The van der Waals surface area contributed by atoms with Gasteiger partial charge in [0.15, 0.2) is 5.78 Å². The molecule has 3 aromatic carbocycles. The number of rotatable bonds is 4. The maximum atomic E-state index is 14.1. The SMILES string of the molecule is COc1ccc(/C=C2\C(=O)C3=C(CC2(C)C)NC(c2ccc(Br)cc2)=CC3c2ccccc2)cc1. The van der Waals surface area contributed by atoms with E-state index in [1.165, 1.54) is 0 Å². The zero-order valence-electron chi connectivity index (χ0n) is 20.1. The fourth-order valence-corrected chi connectivity index (χ4v) is 5.23. The van der Waals surface area contributed by atoms with Gasteiger partial charge in [-0.15, -0.1) is 0 Å². The average molecular weight is 526 g/mol. The van der Waals surface area contributed by atoms with Gasteiger partial charge in [0.05, 0.1) is 7.11 Å². The quantitative estimate of drug-likeness (QED) is 0.358. The van der Waals surface area contributed by atoms with Crippen molar-refractivity contribution in [1.29, 1.82) is 0 Å². The van der Waals surface area contributed by atoms with Crippen molar-refractivity contribution in [2.45, 2.75) is 26.2 Å². The number of dihydropyridines is 1. The highest BCUT2D eigenvalue weighted by molar-refractivity contribution is 9.10. The number of halogens is 1. The standard InChI is InChI=1S/C31H28BrNO2/c1-31(2)19-28-29(30(34)26(31)17-20-9-15-24(35-3)16-10-20)25(21-7-5-4-6-8-21)18-27(33-28)22-11-13-23(32)14-12-22/h4-18,25,33H,19H2,1-3H3/b26-17+. The van der Waals surface area contributed by atoms with Crippen molar-refractivity contribution in [2.75, 3.05) is 7.11 Å². The molecule has 0 amide bonds. The molecule has 0 saturated carbocycles. The summed E-state index contributed by atoms with van der Waals surface area (Å²) in [5.41, 5.74) is 6.64. The molecule has 1 unspecified atom stereocenters. The molecular formula is C31H28BrNO2. The maximum absolute atomic E-state index is 14.1. The van der Waals surface area contributed by atoms with Gasteiger partial charge in [-0.05, 0) is 64.9 Å². The van der Waals surface area contributed by atoms with Gasteiger partial charge < -0.3 is 10.1 Å². The summed E-state index contributed by atoms with van der Waals surface area (Å²) in [6.45, 7) is 4.31. The van der Waals surface area contributed by atoms with Crippen LogP contribution in [0.3, 0.4) is 0 Å². The minimum atomic E-state index is -0.313. The van der Waals surface area contributed by atoms with Crippen LogP contribution in [0.1, 0.15) is 42.9 Å². The summed E-state index contributed by atoms with van der Waals surface area (Å²) in [6, 6.07) is 26.5. The number of ether oxygens (including phenoxy) is 1. The second-order valence-electron chi connectivity index (χ2n) is 9.71. The minimum Gasteiger partial charge on any atom is -0.497 e. The number of carbonyl (C=O) groups is 1. The number of nitrogens with one attached hydrogen (secondary N) is 1. The van der Waals surface area contributed by atoms with Gasteiger partial charge in [-0.3, -0.25) is 4.79 Å². The zero-order chi connectivity index (χ0) is 24.6. The summed E-state index contributed by atoms with van der Waals surface area (Å²) in [7, 11) is 1.66. The zero-order valence-corrected chi connectivity index (χ0v) is 21.7. The van der Waals surface area contributed by atoms with E-state index in [9.17, 15) is 4.79 Å². The summed E-state index contributed by atoms with van der Waals surface area (Å²) in [6.07, 6.45) is 4.99. The molecule has 0 bridgehead atoms. The van der Waals surface area contributed by atoms with Crippen molar-refractivity contribution < 1.29 is 9.53 Å². The Balaban J connectivity index is 1.60. The molecule has 0 spiro atoms. The smallest absolute Gasteiger partial charge is 0.188 e. The maximum Gasteiger partial charge on any atom is 0.188 e. The first-order chi connectivity index (χ1) is 16.9. The van der Waals surface area contributed by atoms with Gasteiger partial charge in [-0.1, -0.05) is 84.4 Å². The molecule has 1 atom stereocenters. The summed E-state index contributed by atoms with van der Waals surface area (Å²) >= 11 is 3.53. The predicted molar refractivity (Wildman–Crippen MR) is 146 cm³/mol. The van der Waals surface area contributed by atoms with Crippen molar-refractivity contribution in [1.82, 2.24) is 5.32 Å². The van der Waals surface area contributed by atoms with Crippen LogP contribution in [0.4, 0.5) is 0 Å². The fourth-order valence-electron chi connectivity index (χ4n) is 4.97. The summed E-state index contributed by atoms with van der Waals surface area (Å²) < 4.78 is 6.34. The van der Waals surface area contributed by atoms with E-state index in [2.05, 4.69) is 65.4 Å². The highest BCUT2D eigenvalue weighted by atomic mass is 79.9. The third-order valence-electron chi connectivity index (χ3n) is 6.83. The molecule has 35 heavy (non-hydrogen) atoms. The van der Waals surface area contributed by atoms with E-state index in [1.54, 1.807) is 7.11 Å². The van der Waals surface area contributed by atoms with Gasteiger partial charge in [0.2, 0.25) is 0 Å². The number of carbonyl (C=O) groups excluding carboxylic acids is 1. The summed E-state index contributed by atoms with van der Waals surface area (Å²) in [4.78, 5) is 14.1. The van der Waals surface area contributed by atoms with E-state index in [1.807, 2.05) is 60.7 Å². The van der Waals surface area contributed by atoms with Gasteiger partial charge in [0, 0.05) is 32.9 Å². The van der Waals surface area contributed by atoms with Crippen LogP contribution in [0.25, 0.3) is 11.8 Å². The van der Waals surface area contributed by atoms with Crippen LogP contribution in [0.5, 0.6) is 5.75 Å². The van der Waals surface area contributed by atoms with E-state index in [0.29, 0.717) is 0 Å². The van der Waals surface area contributed by atoms with Crippen LogP contribution in [0, 0.1) is 5.41 Å². The van der Waals surface area contributed by atoms with Gasteiger partial charge in [0.25, 0.3) is 0 Å². The van der Waals surface area contributed by atoms with Gasteiger partial charge in [-0.25, -0.2) is 0 Å². The molecular weight excluding hydrogens is 498 g/mol. The second kappa shape index (κ2) is 9.35. The van der Waals surface area contributed by atoms with Gasteiger partial charge >= 0.3 is 0 Å². The molecule has 1 N–H and O–H groups in total. The van der Waals surface area contributed by atoms with Crippen LogP contribution < -0.4 is 10.1 Å². The molecule has 3 aromatic rings. The molecule has 0 saturated heterocycles. The molecule has 4 heteroatoms. The number of allylic oxidation sites excluding steroid dienone is 4. The molecule has 5 rings (SSSR count). The molecule has 1 aliphatic carbocycles. The molecule has 0 radical (unpaired) electrons. The average Bonchev–Trinajstić information content (AvgIpc) is 2.87. The van der Waals surface area contributed by atoms with E-state index in [4.69, 9.17) is 4.74 Å². The van der Waals surface area contributed by atoms with Crippen molar-refractivity contribution in [3.05, 3.63) is 123 Å². The molecule has 0 fully saturated rings. The topological polar surface area (TPSA) is 38.3 Å². The molecule has 1 aliphatic heterocycles. The number of methoxy groups -OCH3 is 1. The van der Waals surface area contributed by atoms with Crippen molar-refractivity contribution in [3.8, 4) is 5.75 Å². The molecule has 3 nitrogen and oxygen atoms in total. The Morgan fingerprint density at radius 3 is 2.31 bits per heavy atom. The highest BCUT2D eigenvalue weighted by Crippen LogP contribution is 2.48. The number of hydrogen-bond acceptors (Lipinski definition) is 3. The first-order valence-corrected chi connectivity index (χ1v) is 12.6. The molecule has 1 heterocycles. The van der Waals surface area contributed by atoms with E-state index >= 15 is 0 Å². The second-order valence-corrected chi connectivity index (χ2v) is 10.6. The third-order valence-corrected chi connectivity index (χ3v) is 7.36. The lowest BCUT2D eigenvalue weighted by Gasteiger charge is -2.40. The lowest BCUT2D eigenvalue weighted by atomic mass is 9.67. The minimum absolute atomic E-state index is 0.111.